The van der Waals surface area contributed by atoms with Crippen molar-refractivity contribution in [3.63, 3.8) is 0 Å². The van der Waals surface area contributed by atoms with E-state index in [4.69, 9.17) is 14.6 Å². The van der Waals surface area contributed by atoms with E-state index in [1.165, 1.54) is 11.8 Å². The van der Waals surface area contributed by atoms with Gasteiger partial charge >= 0.3 is 0 Å². The van der Waals surface area contributed by atoms with Crippen LogP contribution in [-0.2, 0) is 4.79 Å². The van der Waals surface area contributed by atoms with Gasteiger partial charge in [0.25, 0.3) is 5.91 Å². The molecule has 0 N–H and O–H groups in total. The first-order valence-corrected chi connectivity index (χ1v) is 11.5. The molecule has 2 aromatic carbocycles. The van der Waals surface area contributed by atoms with Gasteiger partial charge in [-0.25, -0.2) is 5.01 Å². The zero-order valence-corrected chi connectivity index (χ0v) is 19.5. The van der Waals surface area contributed by atoms with Gasteiger partial charge in [0.1, 0.15) is 11.5 Å². The fourth-order valence-corrected chi connectivity index (χ4v) is 4.75. The van der Waals surface area contributed by atoms with Crippen molar-refractivity contribution in [3.05, 3.63) is 94.7 Å². The Labute approximate surface area is 201 Å². The van der Waals surface area contributed by atoms with E-state index >= 15 is 0 Å². The summed E-state index contributed by atoms with van der Waals surface area (Å²) in [6, 6.07) is 19.4. The highest BCUT2D eigenvalue weighted by molar-refractivity contribution is 8.18. The second-order valence-corrected chi connectivity index (χ2v) is 8.72. The molecule has 0 bridgehead atoms. The maximum absolute atomic E-state index is 12.7. The van der Waals surface area contributed by atoms with E-state index in [9.17, 15) is 4.79 Å². The van der Waals surface area contributed by atoms with E-state index in [0.717, 1.165) is 33.9 Å². The number of hydrazone groups is 1. The lowest BCUT2D eigenvalue weighted by atomic mass is 9.98. The number of thioether (sulfide) groups is 1. The summed E-state index contributed by atoms with van der Waals surface area (Å²) in [5.41, 5.74) is 3.84. The van der Waals surface area contributed by atoms with Crippen molar-refractivity contribution in [2.24, 2.45) is 10.1 Å². The van der Waals surface area contributed by atoms with Gasteiger partial charge in [0.15, 0.2) is 5.17 Å². The molecule has 1 aromatic heterocycles. The average Bonchev–Trinajstić information content (AvgIpc) is 3.49. The molecule has 8 heteroatoms. The second-order valence-electron chi connectivity index (χ2n) is 7.71. The van der Waals surface area contributed by atoms with Crippen LogP contribution in [0.2, 0.25) is 0 Å². The minimum Gasteiger partial charge on any atom is -0.497 e. The van der Waals surface area contributed by atoms with E-state index in [1.807, 2.05) is 71.7 Å². The van der Waals surface area contributed by atoms with Gasteiger partial charge in [-0.2, -0.15) is 10.1 Å². The van der Waals surface area contributed by atoms with Gasteiger partial charge < -0.3 is 9.47 Å². The molecule has 3 aromatic rings. The highest BCUT2D eigenvalue weighted by Gasteiger charge is 2.36. The molecule has 0 saturated heterocycles. The van der Waals surface area contributed by atoms with Crippen LogP contribution in [0, 0.1) is 0 Å². The Bertz CT molecular complexity index is 1290. The number of benzene rings is 2. The van der Waals surface area contributed by atoms with Gasteiger partial charge in [0.05, 0.1) is 30.9 Å². The van der Waals surface area contributed by atoms with Crippen LogP contribution in [0.1, 0.15) is 29.2 Å². The number of amides is 1. The van der Waals surface area contributed by atoms with E-state index in [2.05, 4.69) is 9.98 Å². The molecule has 0 saturated carbocycles. The summed E-state index contributed by atoms with van der Waals surface area (Å²) in [6.45, 7) is 0. The number of hydrogen-bond donors (Lipinski definition) is 0. The summed E-state index contributed by atoms with van der Waals surface area (Å²) in [5, 5.41) is 7.32. The van der Waals surface area contributed by atoms with Crippen molar-refractivity contribution in [2.75, 3.05) is 14.2 Å². The number of ether oxygens (including phenoxy) is 2. The van der Waals surface area contributed by atoms with Crippen molar-refractivity contribution in [1.82, 2.24) is 9.99 Å². The minimum absolute atomic E-state index is 0.0974. The lowest BCUT2D eigenvalue weighted by Crippen LogP contribution is -2.23. The van der Waals surface area contributed by atoms with Crippen LogP contribution in [0.5, 0.6) is 11.5 Å². The monoisotopic (exact) mass is 470 g/mol. The third kappa shape index (κ3) is 4.45. The summed E-state index contributed by atoms with van der Waals surface area (Å²) in [5.74, 6) is 1.30. The topological polar surface area (TPSA) is 76.4 Å². The number of rotatable bonds is 5. The highest BCUT2D eigenvalue weighted by Crippen LogP contribution is 2.40. The number of methoxy groups -OCH3 is 2. The van der Waals surface area contributed by atoms with E-state index in [-0.39, 0.29) is 11.9 Å². The summed E-state index contributed by atoms with van der Waals surface area (Å²) in [6.07, 6.45) is 5.90. The third-order valence-electron chi connectivity index (χ3n) is 5.62. The van der Waals surface area contributed by atoms with Gasteiger partial charge in [0, 0.05) is 18.8 Å². The maximum atomic E-state index is 12.7. The Hall–Kier alpha value is -3.91. The van der Waals surface area contributed by atoms with Crippen LogP contribution in [-0.4, -0.2) is 41.0 Å². The molecule has 5 rings (SSSR count). The molecule has 0 spiro atoms. The molecule has 0 aliphatic carbocycles. The minimum atomic E-state index is -0.273. The first-order chi connectivity index (χ1) is 16.6. The van der Waals surface area contributed by atoms with E-state index < -0.39 is 0 Å². The highest BCUT2D eigenvalue weighted by atomic mass is 32.2. The molecule has 7 nitrogen and oxygen atoms in total. The molecule has 2 aliphatic heterocycles. The molecule has 34 heavy (non-hydrogen) atoms. The molecule has 0 fully saturated rings. The number of hydrogen-bond acceptors (Lipinski definition) is 7. The van der Waals surface area contributed by atoms with Crippen molar-refractivity contribution in [1.29, 1.82) is 0 Å². The number of aromatic nitrogens is 1. The largest absolute Gasteiger partial charge is 0.497 e. The van der Waals surface area contributed by atoms with E-state index in [1.54, 1.807) is 26.6 Å². The SMILES string of the molecule is COc1ccc(C2=NN(C3=NC(=O)/C(=C/c4cccnc4)S3)C(c3ccc(OC)cc3)C2)cc1. The van der Waals surface area contributed by atoms with Crippen molar-refractivity contribution in [3.8, 4) is 11.5 Å². The van der Waals surface area contributed by atoms with Gasteiger partial charge in [-0.1, -0.05) is 18.2 Å². The smallest absolute Gasteiger partial charge is 0.286 e. The Morgan fingerprint density at radius 1 is 1.00 bits per heavy atom. The lowest BCUT2D eigenvalue weighted by molar-refractivity contribution is -0.113. The first kappa shape index (κ1) is 21.9. The molecule has 2 aliphatic rings. The van der Waals surface area contributed by atoms with Crippen molar-refractivity contribution < 1.29 is 14.3 Å². The zero-order chi connectivity index (χ0) is 23.5. The Morgan fingerprint density at radius 3 is 2.35 bits per heavy atom. The Morgan fingerprint density at radius 2 is 1.71 bits per heavy atom. The number of carbonyl (C=O) groups excluding carboxylic acids is 1. The van der Waals surface area contributed by atoms with Crippen molar-refractivity contribution >= 4 is 34.6 Å². The first-order valence-electron chi connectivity index (χ1n) is 10.7. The van der Waals surface area contributed by atoms with Gasteiger partial charge in [0.2, 0.25) is 0 Å². The number of amidine groups is 1. The van der Waals surface area contributed by atoms with Crippen LogP contribution in [0.4, 0.5) is 0 Å². The third-order valence-corrected chi connectivity index (χ3v) is 6.59. The zero-order valence-electron chi connectivity index (χ0n) is 18.7. The fourth-order valence-electron chi connectivity index (χ4n) is 3.84. The summed E-state index contributed by atoms with van der Waals surface area (Å²) in [7, 11) is 3.29. The summed E-state index contributed by atoms with van der Waals surface area (Å²) < 4.78 is 10.6. The van der Waals surface area contributed by atoms with Crippen LogP contribution < -0.4 is 9.47 Å². The second kappa shape index (κ2) is 9.52. The number of pyridine rings is 1. The van der Waals surface area contributed by atoms with Crippen LogP contribution in [0.25, 0.3) is 6.08 Å². The van der Waals surface area contributed by atoms with Gasteiger partial charge in [-0.05, 0) is 77.0 Å². The normalized spacial score (nSPS) is 18.8. The molecule has 3 heterocycles. The number of nitrogens with zero attached hydrogens (tertiary/aromatic N) is 4. The summed E-state index contributed by atoms with van der Waals surface area (Å²) in [4.78, 5) is 21.7. The molecular formula is C26H22N4O3S. The molecule has 1 amide bonds. The predicted octanol–water partition coefficient (Wildman–Crippen LogP) is 4.92. The van der Waals surface area contributed by atoms with Gasteiger partial charge in [-0.3, -0.25) is 9.78 Å². The molecule has 0 radical (unpaired) electrons. The standard InChI is InChI=1S/C26H22N4O3S/c1-32-20-9-5-18(6-10-20)22-15-23(19-7-11-21(33-2)12-8-19)30(29-22)26-28-25(31)24(34-26)14-17-4-3-13-27-16-17/h3-14,16,23H,15H2,1-2H3/b24-14-. The molecular weight excluding hydrogens is 448 g/mol. The molecule has 170 valence electrons. The van der Waals surface area contributed by atoms with Crippen LogP contribution in [0.15, 0.2) is 88.1 Å². The Balaban J connectivity index is 1.47. The lowest BCUT2D eigenvalue weighted by Gasteiger charge is -2.22. The fraction of sp³-hybridized carbons (Fsp3) is 0.154. The quantitative estimate of drug-likeness (QED) is 0.493. The number of carbonyl (C=O) groups is 1. The number of aliphatic imine (C=N–C) groups is 1. The maximum Gasteiger partial charge on any atom is 0.286 e. The van der Waals surface area contributed by atoms with Crippen LogP contribution >= 0.6 is 11.8 Å². The van der Waals surface area contributed by atoms with Crippen molar-refractivity contribution in [2.45, 2.75) is 12.5 Å². The molecule has 1 atom stereocenters. The predicted molar refractivity (Wildman–Crippen MR) is 134 cm³/mol. The molecule has 1 unspecified atom stereocenters. The van der Waals surface area contributed by atoms with Crippen LogP contribution in [0.3, 0.4) is 0 Å². The summed E-state index contributed by atoms with van der Waals surface area (Å²) >= 11 is 1.33. The Kier molecular flexibility index (Phi) is 6.14. The average molecular weight is 471 g/mol. The van der Waals surface area contributed by atoms with Gasteiger partial charge in [-0.15, -0.1) is 0 Å². The van der Waals surface area contributed by atoms with E-state index in [0.29, 0.717) is 16.5 Å².